The Hall–Kier alpha value is -4.77. The van der Waals surface area contributed by atoms with Crippen LogP contribution >= 0.6 is 0 Å². The van der Waals surface area contributed by atoms with Gasteiger partial charge in [0.15, 0.2) is 17.3 Å². The number of rotatable bonds is 9. The van der Waals surface area contributed by atoms with E-state index in [9.17, 15) is 19.5 Å². The molecule has 2 aromatic heterocycles. The molecule has 42 heavy (non-hydrogen) atoms. The molecule has 0 saturated carbocycles. The number of ether oxygens (including phenoxy) is 4. The monoisotopic (exact) mass is 576 g/mol. The van der Waals surface area contributed by atoms with E-state index in [2.05, 4.69) is 9.88 Å². The molecule has 5 rings (SSSR count). The number of methoxy groups -OCH3 is 4. The minimum absolute atomic E-state index is 0.129. The van der Waals surface area contributed by atoms with Crippen LogP contribution in [0.2, 0.25) is 0 Å². The van der Waals surface area contributed by atoms with E-state index in [0.29, 0.717) is 41.2 Å². The lowest BCUT2D eigenvalue weighted by molar-refractivity contribution is -0.140. The highest BCUT2D eigenvalue weighted by Crippen LogP contribution is 2.35. The number of H-pyrrole nitrogens is 1. The van der Waals surface area contributed by atoms with Crippen LogP contribution in [0.5, 0.6) is 23.0 Å². The minimum atomic E-state index is -1.09. The quantitative estimate of drug-likeness (QED) is 0.285. The Morgan fingerprint density at radius 3 is 2.43 bits per heavy atom. The third-order valence-electron chi connectivity index (χ3n) is 7.55. The molecule has 1 aliphatic heterocycles. The van der Waals surface area contributed by atoms with Gasteiger partial charge >= 0.3 is 5.97 Å². The lowest BCUT2D eigenvalue weighted by Gasteiger charge is -2.29. The van der Waals surface area contributed by atoms with Crippen LogP contribution in [0.3, 0.4) is 0 Å². The Morgan fingerprint density at radius 1 is 1.00 bits per heavy atom. The van der Waals surface area contributed by atoms with Gasteiger partial charge in [0, 0.05) is 35.6 Å². The van der Waals surface area contributed by atoms with Crippen LogP contribution < -0.4 is 25.2 Å². The standard InChI is InChI=1S/C31H32N2O9/c1-38-20-5-6-24-18(9-20)10-23(31(37)32-24)22(14-28(35)41-4)30-29(36)25(34)13-21(42-30)16-33-8-7-17-11-26(39-2)27(40-3)12-19(17)15-33/h5-6,9-13,22,36H,7-8,14-16H2,1-4H3,(H,32,37)/t22-/m1/s1. The number of benzene rings is 2. The van der Waals surface area contributed by atoms with E-state index in [-0.39, 0.29) is 30.0 Å². The first-order valence-electron chi connectivity index (χ1n) is 13.3. The zero-order chi connectivity index (χ0) is 30.0. The number of aromatic amines is 1. The number of carbonyl (C=O) groups excluding carboxylic acids is 1. The van der Waals surface area contributed by atoms with E-state index in [1.165, 1.54) is 20.3 Å². The van der Waals surface area contributed by atoms with E-state index < -0.39 is 28.6 Å². The van der Waals surface area contributed by atoms with E-state index in [1.54, 1.807) is 38.5 Å². The number of fused-ring (bicyclic) bond motifs is 2. The van der Waals surface area contributed by atoms with Gasteiger partial charge in [-0.25, -0.2) is 0 Å². The lowest BCUT2D eigenvalue weighted by Crippen LogP contribution is -2.30. The molecule has 0 bridgehead atoms. The zero-order valence-electron chi connectivity index (χ0n) is 23.8. The van der Waals surface area contributed by atoms with Gasteiger partial charge in [0.25, 0.3) is 5.56 Å². The van der Waals surface area contributed by atoms with Crippen LogP contribution in [0.25, 0.3) is 10.9 Å². The molecule has 0 spiro atoms. The van der Waals surface area contributed by atoms with Gasteiger partial charge in [0.1, 0.15) is 11.5 Å². The van der Waals surface area contributed by atoms with Gasteiger partial charge in [-0.15, -0.1) is 0 Å². The van der Waals surface area contributed by atoms with Crippen molar-refractivity contribution in [3.8, 4) is 23.0 Å². The average molecular weight is 577 g/mol. The minimum Gasteiger partial charge on any atom is -0.502 e. The summed E-state index contributed by atoms with van der Waals surface area (Å²) in [6.07, 6.45) is 0.402. The fraction of sp³-hybridized carbons (Fsp3) is 0.323. The lowest BCUT2D eigenvalue weighted by atomic mass is 9.92. The van der Waals surface area contributed by atoms with Crippen molar-refractivity contribution >= 4 is 16.9 Å². The van der Waals surface area contributed by atoms with Crippen molar-refractivity contribution in [3.63, 3.8) is 0 Å². The van der Waals surface area contributed by atoms with Gasteiger partial charge in [0.2, 0.25) is 11.2 Å². The highest BCUT2D eigenvalue weighted by molar-refractivity contribution is 5.81. The maximum Gasteiger partial charge on any atom is 0.306 e. The number of nitrogens with zero attached hydrogens (tertiary/aromatic N) is 1. The van der Waals surface area contributed by atoms with Crippen molar-refractivity contribution < 1.29 is 33.3 Å². The molecule has 1 aliphatic rings. The molecule has 0 unspecified atom stereocenters. The highest BCUT2D eigenvalue weighted by Gasteiger charge is 2.30. The molecule has 2 aromatic carbocycles. The first-order chi connectivity index (χ1) is 20.2. The number of carbonyl (C=O) groups is 1. The van der Waals surface area contributed by atoms with Crippen molar-refractivity contribution in [3.05, 3.63) is 91.3 Å². The van der Waals surface area contributed by atoms with Crippen molar-refractivity contribution in [2.75, 3.05) is 35.0 Å². The summed E-state index contributed by atoms with van der Waals surface area (Å²) in [5.41, 5.74) is 1.71. The largest absolute Gasteiger partial charge is 0.502 e. The highest BCUT2D eigenvalue weighted by atomic mass is 16.5. The molecule has 1 atom stereocenters. The van der Waals surface area contributed by atoms with E-state index >= 15 is 0 Å². The number of esters is 1. The van der Waals surface area contributed by atoms with E-state index in [0.717, 1.165) is 17.5 Å². The van der Waals surface area contributed by atoms with Gasteiger partial charge in [-0.3, -0.25) is 19.3 Å². The molecule has 2 N–H and O–H groups in total. The van der Waals surface area contributed by atoms with Crippen molar-refractivity contribution in [2.45, 2.75) is 31.8 Å². The molecule has 4 aromatic rings. The Morgan fingerprint density at radius 2 is 1.74 bits per heavy atom. The normalized spacial score (nSPS) is 13.8. The molecule has 0 saturated heterocycles. The summed E-state index contributed by atoms with van der Waals surface area (Å²) in [6, 6.07) is 11.9. The summed E-state index contributed by atoms with van der Waals surface area (Å²) in [4.78, 5) is 43.5. The second-order valence-electron chi connectivity index (χ2n) is 10.1. The predicted molar refractivity (Wildman–Crippen MR) is 154 cm³/mol. The SMILES string of the molecule is COC(=O)C[C@@H](c1oc(CN2CCc3cc(OC)c(OC)cc3C2)cc(=O)c1O)c1cc2cc(OC)ccc2[nH]c1=O. The molecule has 0 radical (unpaired) electrons. The van der Waals surface area contributed by atoms with Crippen LogP contribution in [-0.4, -0.2) is 55.9 Å². The topological polar surface area (TPSA) is 141 Å². The third kappa shape index (κ3) is 5.68. The number of pyridine rings is 1. The summed E-state index contributed by atoms with van der Waals surface area (Å²) in [5, 5.41) is 11.5. The maximum absolute atomic E-state index is 13.2. The zero-order valence-corrected chi connectivity index (χ0v) is 23.8. The Bertz CT molecular complexity index is 1760. The molecule has 11 heteroatoms. The van der Waals surface area contributed by atoms with Gasteiger partial charge < -0.3 is 33.5 Å². The Balaban J connectivity index is 1.52. The fourth-order valence-corrected chi connectivity index (χ4v) is 5.35. The van der Waals surface area contributed by atoms with Crippen molar-refractivity contribution in [1.29, 1.82) is 0 Å². The maximum atomic E-state index is 13.2. The predicted octanol–water partition coefficient (Wildman–Crippen LogP) is 3.47. The first kappa shape index (κ1) is 28.7. The molecular weight excluding hydrogens is 544 g/mol. The van der Waals surface area contributed by atoms with Gasteiger partial charge in [-0.1, -0.05) is 0 Å². The molecule has 11 nitrogen and oxygen atoms in total. The Kier molecular flexibility index (Phi) is 8.21. The summed E-state index contributed by atoms with van der Waals surface area (Å²) in [5.74, 6) is -0.444. The summed E-state index contributed by atoms with van der Waals surface area (Å²) < 4.78 is 27.2. The molecule has 3 heterocycles. The summed E-state index contributed by atoms with van der Waals surface area (Å²) in [6.45, 7) is 1.50. The number of aromatic hydroxyl groups is 1. The first-order valence-corrected chi connectivity index (χ1v) is 13.3. The van der Waals surface area contributed by atoms with Gasteiger partial charge in [0.05, 0.1) is 47.3 Å². The van der Waals surface area contributed by atoms with E-state index in [1.807, 2.05) is 12.1 Å². The number of nitrogens with one attached hydrogen (secondary N) is 1. The van der Waals surface area contributed by atoms with Crippen LogP contribution in [-0.2, 0) is 29.0 Å². The van der Waals surface area contributed by atoms with Crippen LogP contribution in [0, 0.1) is 0 Å². The Labute approximate surface area is 241 Å². The van der Waals surface area contributed by atoms with Crippen molar-refractivity contribution in [1.82, 2.24) is 9.88 Å². The van der Waals surface area contributed by atoms with Gasteiger partial charge in [-0.05, 0) is 53.9 Å². The molecule has 220 valence electrons. The number of hydrogen-bond acceptors (Lipinski definition) is 10. The fourth-order valence-electron chi connectivity index (χ4n) is 5.35. The van der Waals surface area contributed by atoms with Crippen molar-refractivity contribution in [2.24, 2.45) is 0 Å². The number of hydrogen-bond donors (Lipinski definition) is 2. The average Bonchev–Trinajstić information content (AvgIpc) is 3.00. The third-order valence-corrected chi connectivity index (χ3v) is 7.55. The molecule has 0 fully saturated rings. The van der Waals surface area contributed by atoms with E-state index in [4.69, 9.17) is 23.4 Å². The number of aromatic nitrogens is 1. The molecule has 0 amide bonds. The summed E-state index contributed by atoms with van der Waals surface area (Å²) >= 11 is 0. The smallest absolute Gasteiger partial charge is 0.306 e. The van der Waals surface area contributed by atoms with Gasteiger partial charge in [-0.2, -0.15) is 0 Å². The second kappa shape index (κ2) is 12.0. The molecular formula is C31H32N2O9. The van der Waals surface area contributed by atoms with Crippen LogP contribution in [0.1, 0.15) is 40.5 Å². The van der Waals surface area contributed by atoms with Crippen LogP contribution in [0.15, 0.2) is 56.5 Å². The van der Waals surface area contributed by atoms with Crippen LogP contribution in [0.4, 0.5) is 0 Å². The summed E-state index contributed by atoms with van der Waals surface area (Å²) in [7, 11) is 5.93. The molecule has 0 aliphatic carbocycles. The second-order valence-corrected chi connectivity index (χ2v) is 10.1.